The lowest BCUT2D eigenvalue weighted by Crippen LogP contribution is -2.15. The van der Waals surface area contributed by atoms with Gasteiger partial charge in [0.15, 0.2) is 0 Å². The predicted molar refractivity (Wildman–Crippen MR) is 74.4 cm³/mol. The van der Waals surface area contributed by atoms with Gasteiger partial charge >= 0.3 is 0 Å². The molecule has 0 saturated carbocycles. The largest absolute Gasteiger partial charge is 0.326 e. The topological polar surface area (TPSA) is 102 Å². The van der Waals surface area contributed by atoms with Crippen molar-refractivity contribution in [3.63, 3.8) is 0 Å². The van der Waals surface area contributed by atoms with Crippen LogP contribution in [0, 0.1) is 0 Å². The maximum Gasteiger partial charge on any atom is 0.238 e. The molecule has 7 heteroatoms. The van der Waals surface area contributed by atoms with Gasteiger partial charge in [0.1, 0.15) is 0 Å². The summed E-state index contributed by atoms with van der Waals surface area (Å²) >= 11 is 0. The minimum Gasteiger partial charge on any atom is -0.326 e. The summed E-state index contributed by atoms with van der Waals surface area (Å²) < 4.78 is 22.2. The second kappa shape index (κ2) is 5.81. The molecule has 1 amide bonds. The number of nitrogens with one attached hydrogen (secondary N) is 1. The van der Waals surface area contributed by atoms with Crippen molar-refractivity contribution >= 4 is 21.6 Å². The average molecular weight is 291 g/mol. The smallest absolute Gasteiger partial charge is 0.238 e. The van der Waals surface area contributed by atoms with E-state index in [1.165, 1.54) is 24.3 Å². The Hall–Kier alpha value is -2.25. The molecule has 104 valence electrons. The summed E-state index contributed by atoms with van der Waals surface area (Å²) in [5.74, 6) is -0.207. The molecule has 2 rings (SSSR count). The number of sulfonamides is 1. The Labute approximate surface area is 116 Å². The van der Waals surface area contributed by atoms with Crippen LogP contribution < -0.4 is 10.5 Å². The van der Waals surface area contributed by atoms with Gasteiger partial charge in [-0.3, -0.25) is 9.78 Å². The highest BCUT2D eigenvalue weighted by atomic mass is 32.2. The lowest BCUT2D eigenvalue weighted by Gasteiger charge is -2.06. The second-order valence-corrected chi connectivity index (χ2v) is 5.72. The molecule has 0 bridgehead atoms. The Morgan fingerprint density at radius 1 is 1.20 bits per heavy atom. The quantitative estimate of drug-likeness (QED) is 0.874. The third-order valence-corrected chi connectivity index (χ3v) is 3.48. The predicted octanol–water partition coefficient (Wildman–Crippen LogP) is 0.910. The fraction of sp³-hybridized carbons (Fsp3) is 0.0769. The summed E-state index contributed by atoms with van der Waals surface area (Å²) in [7, 11) is -3.72. The minimum atomic E-state index is -3.72. The number of pyridine rings is 1. The molecule has 0 fully saturated rings. The zero-order chi connectivity index (χ0) is 14.6. The Balaban J connectivity index is 2.02. The number of benzene rings is 1. The molecular formula is C13H13N3O3S. The molecule has 0 aliphatic heterocycles. The highest BCUT2D eigenvalue weighted by Gasteiger charge is 2.08. The Bertz CT molecular complexity index is 697. The van der Waals surface area contributed by atoms with Crippen LogP contribution in [0.15, 0.2) is 53.7 Å². The molecule has 6 nitrogen and oxygen atoms in total. The van der Waals surface area contributed by atoms with Gasteiger partial charge in [-0.25, -0.2) is 13.6 Å². The van der Waals surface area contributed by atoms with E-state index in [4.69, 9.17) is 5.14 Å². The number of amides is 1. The van der Waals surface area contributed by atoms with Crippen molar-refractivity contribution in [2.24, 2.45) is 5.14 Å². The molecule has 20 heavy (non-hydrogen) atoms. The van der Waals surface area contributed by atoms with Gasteiger partial charge in [0.25, 0.3) is 0 Å². The van der Waals surface area contributed by atoms with E-state index < -0.39 is 10.0 Å². The van der Waals surface area contributed by atoms with Crippen molar-refractivity contribution < 1.29 is 13.2 Å². The second-order valence-electron chi connectivity index (χ2n) is 4.16. The molecule has 1 aromatic heterocycles. The van der Waals surface area contributed by atoms with Crippen LogP contribution >= 0.6 is 0 Å². The monoisotopic (exact) mass is 291 g/mol. The van der Waals surface area contributed by atoms with E-state index in [0.29, 0.717) is 5.69 Å². The number of carbonyl (C=O) groups is 1. The van der Waals surface area contributed by atoms with Gasteiger partial charge in [-0.15, -0.1) is 0 Å². The summed E-state index contributed by atoms with van der Waals surface area (Å²) in [6, 6.07) is 9.21. The molecular weight excluding hydrogens is 278 g/mol. The van der Waals surface area contributed by atoms with E-state index in [0.717, 1.165) is 5.56 Å². The van der Waals surface area contributed by atoms with Gasteiger partial charge in [0, 0.05) is 18.1 Å². The summed E-state index contributed by atoms with van der Waals surface area (Å²) in [6.07, 6.45) is 3.45. The summed E-state index contributed by atoms with van der Waals surface area (Å²) in [5.41, 5.74) is 1.30. The first kappa shape index (κ1) is 14.2. The van der Waals surface area contributed by atoms with E-state index in [2.05, 4.69) is 10.3 Å². The van der Waals surface area contributed by atoms with Crippen LogP contribution in [0.4, 0.5) is 5.69 Å². The Morgan fingerprint density at radius 2 is 1.90 bits per heavy atom. The van der Waals surface area contributed by atoms with Crippen LogP contribution in [0.5, 0.6) is 0 Å². The van der Waals surface area contributed by atoms with E-state index in [1.807, 2.05) is 0 Å². The SMILES string of the molecule is NS(=O)(=O)c1ccc(NC(=O)Cc2cccnc2)cc1. The van der Waals surface area contributed by atoms with E-state index >= 15 is 0 Å². The molecule has 1 heterocycles. The first-order valence-electron chi connectivity index (χ1n) is 5.77. The number of carbonyl (C=O) groups excluding carboxylic acids is 1. The molecule has 0 aliphatic rings. The fourth-order valence-corrected chi connectivity index (χ4v) is 2.14. The number of primary sulfonamides is 1. The van der Waals surface area contributed by atoms with Gasteiger partial charge in [0.2, 0.25) is 15.9 Å². The number of hydrogen-bond acceptors (Lipinski definition) is 4. The van der Waals surface area contributed by atoms with Crippen LogP contribution in [0.1, 0.15) is 5.56 Å². The lowest BCUT2D eigenvalue weighted by atomic mass is 10.2. The average Bonchev–Trinajstić information content (AvgIpc) is 2.39. The molecule has 0 atom stereocenters. The summed E-state index contributed by atoms with van der Waals surface area (Å²) in [4.78, 5) is 15.7. The number of anilines is 1. The molecule has 0 aliphatic carbocycles. The molecule has 3 N–H and O–H groups in total. The van der Waals surface area contributed by atoms with E-state index in [9.17, 15) is 13.2 Å². The zero-order valence-electron chi connectivity index (χ0n) is 10.5. The Kier molecular flexibility index (Phi) is 4.11. The first-order valence-corrected chi connectivity index (χ1v) is 7.31. The van der Waals surface area contributed by atoms with Gasteiger partial charge in [-0.2, -0.15) is 0 Å². The molecule has 2 aromatic rings. The lowest BCUT2D eigenvalue weighted by molar-refractivity contribution is -0.115. The Morgan fingerprint density at radius 3 is 2.45 bits per heavy atom. The molecule has 1 aromatic carbocycles. The maximum atomic E-state index is 11.8. The van der Waals surface area contributed by atoms with Crippen LogP contribution in [0.25, 0.3) is 0 Å². The van der Waals surface area contributed by atoms with Crippen molar-refractivity contribution in [1.82, 2.24) is 4.98 Å². The van der Waals surface area contributed by atoms with Crippen LogP contribution in [-0.2, 0) is 21.2 Å². The molecule has 0 unspecified atom stereocenters. The standard InChI is InChI=1S/C13H13N3O3S/c14-20(18,19)12-5-3-11(4-6-12)16-13(17)8-10-2-1-7-15-9-10/h1-7,9H,8H2,(H,16,17)(H2,14,18,19). The third kappa shape index (κ3) is 3.87. The van der Waals surface area contributed by atoms with Gasteiger partial charge < -0.3 is 5.32 Å². The van der Waals surface area contributed by atoms with Crippen LogP contribution in [0.2, 0.25) is 0 Å². The number of nitrogens with zero attached hydrogens (tertiary/aromatic N) is 1. The summed E-state index contributed by atoms with van der Waals surface area (Å²) in [5, 5.41) is 7.65. The summed E-state index contributed by atoms with van der Waals surface area (Å²) in [6.45, 7) is 0. The van der Waals surface area contributed by atoms with Crippen molar-refractivity contribution in [3.05, 3.63) is 54.4 Å². The highest BCUT2D eigenvalue weighted by Crippen LogP contribution is 2.13. The maximum absolute atomic E-state index is 11.8. The van der Waals surface area contributed by atoms with Crippen molar-refractivity contribution in [2.75, 3.05) is 5.32 Å². The van der Waals surface area contributed by atoms with E-state index in [-0.39, 0.29) is 17.2 Å². The number of rotatable bonds is 4. The zero-order valence-corrected chi connectivity index (χ0v) is 11.3. The third-order valence-electron chi connectivity index (χ3n) is 2.55. The first-order chi connectivity index (χ1) is 9.45. The normalized spacial score (nSPS) is 11.1. The van der Waals surface area contributed by atoms with Crippen molar-refractivity contribution in [3.8, 4) is 0 Å². The molecule has 0 saturated heterocycles. The van der Waals surface area contributed by atoms with Crippen LogP contribution in [0.3, 0.4) is 0 Å². The van der Waals surface area contributed by atoms with Crippen molar-refractivity contribution in [2.45, 2.75) is 11.3 Å². The highest BCUT2D eigenvalue weighted by molar-refractivity contribution is 7.89. The van der Waals surface area contributed by atoms with Gasteiger partial charge in [0.05, 0.1) is 11.3 Å². The number of nitrogens with two attached hydrogens (primary N) is 1. The van der Waals surface area contributed by atoms with Gasteiger partial charge in [-0.1, -0.05) is 6.07 Å². The number of aromatic nitrogens is 1. The fourth-order valence-electron chi connectivity index (χ4n) is 1.62. The van der Waals surface area contributed by atoms with E-state index in [1.54, 1.807) is 24.5 Å². The van der Waals surface area contributed by atoms with Crippen molar-refractivity contribution in [1.29, 1.82) is 0 Å². The number of hydrogen-bond donors (Lipinski definition) is 2. The molecule has 0 spiro atoms. The van der Waals surface area contributed by atoms with Crippen LogP contribution in [-0.4, -0.2) is 19.3 Å². The minimum absolute atomic E-state index is 0.00255. The molecule has 0 radical (unpaired) electrons. The van der Waals surface area contributed by atoms with Gasteiger partial charge in [-0.05, 0) is 35.9 Å².